The summed E-state index contributed by atoms with van der Waals surface area (Å²) in [4.78, 5) is 24.5. The van der Waals surface area contributed by atoms with Gasteiger partial charge in [0, 0.05) is 11.3 Å². The monoisotopic (exact) mass is 362 g/mol. The quantitative estimate of drug-likeness (QED) is 0.706. The van der Waals surface area contributed by atoms with Gasteiger partial charge in [0.05, 0.1) is 12.2 Å². The maximum atomic E-state index is 12.7. The number of hydrogen-bond donors (Lipinski definition) is 2. The zero-order valence-electron chi connectivity index (χ0n) is 15.3. The number of carbonyl (C=O) groups is 2. The zero-order chi connectivity index (χ0) is 19.4. The molecule has 0 spiro atoms. The van der Waals surface area contributed by atoms with Crippen molar-refractivity contribution < 1.29 is 9.59 Å². The number of benzene rings is 2. The minimum atomic E-state index is -0.877. The molecule has 0 bridgehead atoms. The molecule has 6 nitrogen and oxygen atoms in total. The molecule has 6 heteroatoms. The van der Waals surface area contributed by atoms with Crippen molar-refractivity contribution in [2.24, 2.45) is 5.73 Å². The molecule has 0 radical (unpaired) electrons. The highest BCUT2D eigenvalue weighted by molar-refractivity contribution is 5.97. The van der Waals surface area contributed by atoms with Crippen LogP contribution in [0.4, 0.5) is 0 Å². The number of rotatable bonds is 6. The van der Waals surface area contributed by atoms with Gasteiger partial charge >= 0.3 is 0 Å². The summed E-state index contributed by atoms with van der Waals surface area (Å²) >= 11 is 0. The molecule has 2 amide bonds. The molecule has 0 fully saturated rings. The van der Waals surface area contributed by atoms with E-state index in [2.05, 4.69) is 10.4 Å². The van der Waals surface area contributed by atoms with Crippen LogP contribution in [-0.4, -0.2) is 21.6 Å². The molecule has 138 valence electrons. The maximum absolute atomic E-state index is 12.7. The minimum absolute atomic E-state index is 0.349. The highest BCUT2D eigenvalue weighted by Crippen LogP contribution is 2.15. The van der Waals surface area contributed by atoms with E-state index in [0.717, 1.165) is 17.0 Å². The fourth-order valence-electron chi connectivity index (χ4n) is 3.00. The predicted octanol–water partition coefficient (Wildman–Crippen LogP) is 2.50. The van der Waals surface area contributed by atoms with Crippen molar-refractivity contribution in [3.05, 3.63) is 88.7 Å². The van der Waals surface area contributed by atoms with E-state index in [-0.39, 0.29) is 5.91 Å². The van der Waals surface area contributed by atoms with Crippen LogP contribution in [-0.2, 0) is 11.3 Å². The number of amides is 2. The Hall–Kier alpha value is -3.41. The number of hydrogen-bond acceptors (Lipinski definition) is 3. The first-order valence-corrected chi connectivity index (χ1v) is 8.69. The van der Waals surface area contributed by atoms with E-state index in [4.69, 9.17) is 5.73 Å². The Morgan fingerprint density at radius 3 is 2.44 bits per heavy atom. The SMILES string of the molecule is Cc1cc(C)n(Cc2cccc(C(=O)NC(C(N)=O)c3ccccc3)c2)n1. The van der Waals surface area contributed by atoms with Crippen LogP contribution >= 0.6 is 0 Å². The lowest BCUT2D eigenvalue weighted by atomic mass is 10.0. The van der Waals surface area contributed by atoms with Gasteiger partial charge in [-0.15, -0.1) is 0 Å². The third kappa shape index (κ3) is 4.41. The van der Waals surface area contributed by atoms with Gasteiger partial charge in [0.25, 0.3) is 5.91 Å². The zero-order valence-corrected chi connectivity index (χ0v) is 15.3. The van der Waals surface area contributed by atoms with Crippen LogP contribution in [0.15, 0.2) is 60.7 Å². The van der Waals surface area contributed by atoms with Crippen LogP contribution in [0.25, 0.3) is 0 Å². The number of aromatic nitrogens is 2. The van der Waals surface area contributed by atoms with E-state index in [1.54, 1.807) is 36.4 Å². The van der Waals surface area contributed by atoms with Gasteiger partial charge in [-0.25, -0.2) is 0 Å². The number of carbonyl (C=O) groups excluding carboxylic acids is 2. The average Bonchev–Trinajstić information content (AvgIpc) is 2.97. The summed E-state index contributed by atoms with van der Waals surface area (Å²) in [6, 6.07) is 17.4. The topological polar surface area (TPSA) is 90.0 Å². The summed E-state index contributed by atoms with van der Waals surface area (Å²) in [5.74, 6) is -0.953. The summed E-state index contributed by atoms with van der Waals surface area (Å²) in [7, 11) is 0. The second kappa shape index (κ2) is 7.86. The van der Waals surface area contributed by atoms with Gasteiger partial charge in [-0.1, -0.05) is 42.5 Å². The molecular formula is C21H22N4O2. The summed E-state index contributed by atoms with van der Waals surface area (Å²) in [6.45, 7) is 4.51. The second-order valence-corrected chi connectivity index (χ2v) is 6.50. The number of primary amides is 1. The number of nitrogens with one attached hydrogen (secondary N) is 1. The van der Waals surface area contributed by atoms with E-state index < -0.39 is 11.9 Å². The lowest BCUT2D eigenvalue weighted by Gasteiger charge is -2.16. The van der Waals surface area contributed by atoms with Crippen LogP contribution in [0.2, 0.25) is 0 Å². The molecule has 0 aliphatic rings. The van der Waals surface area contributed by atoms with Gasteiger partial charge < -0.3 is 11.1 Å². The van der Waals surface area contributed by atoms with Crippen LogP contribution in [0.5, 0.6) is 0 Å². The van der Waals surface area contributed by atoms with E-state index in [9.17, 15) is 9.59 Å². The lowest BCUT2D eigenvalue weighted by Crippen LogP contribution is -2.37. The first-order valence-electron chi connectivity index (χ1n) is 8.69. The maximum Gasteiger partial charge on any atom is 0.252 e. The third-order valence-electron chi connectivity index (χ3n) is 4.32. The standard InChI is InChI=1S/C21H22N4O2/c1-14-11-15(2)25(24-14)13-16-7-6-10-18(12-16)21(27)23-19(20(22)26)17-8-4-3-5-9-17/h3-12,19H,13H2,1-2H3,(H2,22,26)(H,23,27). The van der Waals surface area contributed by atoms with Crippen molar-refractivity contribution in [3.8, 4) is 0 Å². The number of nitrogens with zero attached hydrogens (tertiary/aromatic N) is 2. The van der Waals surface area contributed by atoms with Gasteiger partial charge in [-0.2, -0.15) is 5.10 Å². The van der Waals surface area contributed by atoms with Crippen LogP contribution in [0, 0.1) is 13.8 Å². The summed E-state index contributed by atoms with van der Waals surface area (Å²) in [5, 5.41) is 7.17. The highest BCUT2D eigenvalue weighted by atomic mass is 16.2. The molecule has 0 saturated carbocycles. The first-order chi connectivity index (χ1) is 12.9. The van der Waals surface area contributed by atoms with Gasteiger partial charge in [-0.05, 0) is 43.2 Å². The first kappa shape index (κ1) is 18.4. The Morgan fingerprint density at radius 2 is 1.81 bits per heavy atom. The van der Waals surface area contributed by atoms with Gasteiger partial charge in [0.1, 0.15) is 6.04 Å². The fourth-order valence-corrected chi connectivity index (χ4v) is 3.00. The average molecular weight is 362 g/mol. The van der Waals surface area contributed by atoms with E-state index in [1.165, 1.54) is 0 Å². The van der Waals surface area contributed by atoms with Crippen LogP contribution < -0.4 is 11.1 Å². The molecule has 3 rings (SSSR count). The summed E-state index contributed by atoms with van der Waals surface area (Å²) in [5.41, 5.74) is 9.56. The fraction of sp³-hybridized carbons (Fsp3) is 0.190. The van der Waals surface area contributed by atoms with Gasteiger partial charge in [0.2, 0.25) is 5.91 Å². The second-order valence-electron chi connectivity index (χ2n) is 6.50. The Kier molecular flexibility index (Phi) is 5.35. The van der Waals surface area contributed by atoms with Crippen molar-refractivity contribution in [3.63, 3.8) is 0 Å². The molecule has 0 aliphatic carbocycles. The predicted molar refractivity (Wildman–Crippen MR) is 103 cm³/mol. The van der Waals surface area contributed by atoms with E-state index in [1.807, 2.05) is 42.8 Å². The molecular weight excluding hydrogens is 340 g/mol. The largest absolute Gasteiger partial charge is 0.368 e. The molecule has 0 aliphatic heterocycles. The summed E-state index contributed by atoms with van der Waals surface area (Å²) < 4.78 is 1.89. The van der Waals surface area contributed by atoms with E-state index in [0.29, 0.717) is 17.7 Å². The van der Waals surface area contributed by atoms with Gasteiger partial charge in [0.15, 0.2) is 0 Å². The van der Waals surface area contributed by atoms with Crippen molar-refractivity contribution in [1.29, 1.82) is 0 Å². The van der Waals surface area contributed by atoms with Crippen molar-refractivity contribution in [1.82, 2.24) is 15.1 Å². The van der Waals surface area contributed by atoms with Crippen molar-refractivity contribution in [2.75, 3.05) is 0 Å². The smallest absolute Gasteiger partial charge is 0.252 e. The normalized spacial score (nSPS) is 11.8. The van der Waals surface area contributed by atoms with Crippen LogP contribution in [0.1, 0.15) is 38.9 Å². The molecule has 2 aromatic carbocycles. The molecule has 27 heavy (non-hydrogen) atoms. The Bertz CT molecular complexity index is 963. The molecule has 1 atom stereocenters. The van der Waals surface area contributed by atoms with Gasteiger partial charge in [-0.3, -0.25) is 14.3 Å². The minimum Gasteiger partial charge on any atom is -0.368 e. The highest BCUT2D eigenvalue weighted by Gasteiger charge is 2.20. The molecule has 3 N–H and O–H groups in total. The molecule has 0 saturated heterocycles. The van der Waals surface area contributed by atoms with Crippen LogP contribution in [0.3, 0.4) is 0 Å². The molecule has 1 heterocycles. The Labute approximate surface area is 158 Å². The number of aryl methyl sites for hydroxylation is 2. The van der Waals surface area contributed by atoms with Crippen molar-refractivity contribution in [2.45, 2.75) is 26.4 Å². The summed E-state index contributed by atoms with van der Waals surface area (Å²) in [6.07, 6.45) is 0. The lowest BCUT2D eigenvalue weighted by molar-refractivity contribution is -0.120. The Balaban J connectivity index is 1.78. The van der Waals surface area contributed by atoms with Crippen molar-refractivity contribution >= 4 is 11.8 Å². The molecule has 1 unspecified atom stereocenters. The van der Waals surface area contributed by atoms with E-state index >= 15 is 0 Å². The third-order valence-corrected chi connectivity index (χ3v) is 4.32. The molecule has 3 aromatic rings. The Morgan fingerprint density at radius 1 is 1.07 bits per heavy atom. The number of nitrogens with two attached hydrogens (primary N) is 1. The molecule has 1 aromatic heterocycles.